The molecular weight excluding hydrogens is 264 g/mol. The van der Waals surface area contributed by atoms with E-state index in [-0.39, 0.29) is 5.91 Å². The highest BCUT2D eigenvalue weighted by molar-refractivity contribution is 5.91. The SMILES string of the molecule is Cc1cc(C)n(CCCC(=O)Nc2cc(N)ccc2C)n1. The van der Waals surface area contributed by atoms with Crippen LogP contribution in [0.25, 0.3) is 0 Å². The van der Waals surface area contributed by atoms with Crippen LogP contribution in [0, 0.1) is 20.8 Å². The van der Waals surface area contributed by atoms with E-state index in [0.29, 0.717) is 12.1 Å². The van der Waals surface area contributed by atoms with Crippen LogP contribution in [0.2, 0.25) is 0 Å². The van der Waals surface area contributed by atoms with Crippen LogP contribution in [0.5, 0.6) is 0 Å². The topological polar surface area (TPSA) is 72.9 Å². The Bertz CT molecular complexity index is 646. The van der Waals surface area contributed by atoms with Gasteiger partial charge in [-0.3, -0.25) is 9.48 Å². The smallest absolute Gasteiger partial charge is 0.224 e. The number of nitrogens with two attached hydrogens (primary N) is 1. The summed E-state index contributed by atoms with van der Waals surface area (Å²) in [6.45, 7) is 6.70. The summed E-state index contributed by atoms with van der Waals surface area (Å²) in [6, 6.07) is 7.55. The minimum absolute atomic E-state index is 0.00484. The van der Waals surface area contributed by atoms with Crippen molar-refractivity contribution >= 4 is 17.3 Å². The van der Waals surface area contributed by atoms with E-state index in [2.05, 4.69) is 10.4 Å². The first-order valence-corrected chi connectivity index (χ1v) is 7.13. The number of hydrogen-bond donors (Lipinski definition) is 2. The second kappa shape index (κ2) is 6.43. The highest BCUT2D eigenvalue weighted by Crippen LogP contribution is 2.18. The van der Waals surface area contributed by atoms with Gasteiger partial charge in [-0.25, -0.2) is 0 Å². The van der Waals surface area contributed by atoms with Gasteiger partial charge in [0.05, 0.1) is 5.69 Å². The van der Waals surface area contributed by atoms with Crippen molar-refractivity contribution < 1.29 is 4.79 Å². The van der Waals surface area contributed by atoms with E-state index in [4.69, 9.17) is 5.73 Å². The molecule has 5 nitrogen and oxygen atoms in total. The second-order valence-electron chi connectivity index (χ2n) is 5.38. The van der Waals surface area contributed by atoms with Gasteiger partial charge in [0.2, 0.25) is 5.91 Å². The fourth-order valence-corrected chi connectivity index (χ4v) is 2.28. The van der Waals surface area contributed by atoms with Crippen molar-refractivity contribution in [2.45, 2.75) is 40.2 Å². The molecular formula is C16H22N4O. The van der Waals surface area contributed by atoms with Crippen LogP contribution in [-0.2, 0) is 11.3 Å². The number of aryl methyl sites for hydroxylation is 4. The Morgan fingerprint density at radius 2 is 2.05 bits per heavy atom. The fraction of sp³-hybridized carbons (Fsp3) is 0.375. The van der Waals surface area contributed by atoms with Crippen LogP contribution < -0.4 is 11.1 Å². The van der Waals surface area contributed by atoms with Gasteiger partial charge >= 0.3 is 0 Å². The zero-order chi connectivity index (χ0) is 15.4. The van der Waals surface area contributed by atoms with Gasteiger partial charge in [0.15, 0.2) is 0 Å². The molecule has 0 saturated heterocycles. The van der Waals surface area contributed by atoms with Crippen LogP contribution >= 0.6 is 0 Å². The van der Waals surface area contributed by atoms with Gasteiger partial charge < -0.3 is 11.1 Å². The van der Waals surface area contributed by atoms with Crippen molar-refractivity contribution in [2.75, 3.05) is 11.1 Å². The minimum Gasteiger partial charge on any atom is -0.399 e. The number of nitrogens with zero attached hydrogens (tertiary/aromatic N) is 2. The summed E-state index contributed by atoms with van der Waals surface area (Å²) < 4.78 is 1.94. The Kier molecular flexibility index (Phi) is 4.62. The third kappa shape index (κ3) is 4.08. The first-order chi connectivity index (χ1) is 9.95. The predicted molar refractivity (Wildman–Crippen MR) is 85.2 cm³/mol. The maximum Gasteiger partial charge on any atom is 0.224 e. The number of amides is 1. The molecule has 0 radical (unpaired) electrons. The average Bonchev–Trinajstić information content (AvgIpc) is 2.72. The molecule has 0 bridgehead atoms. The Morgan fingerprint density at radius 3 is 2.71 bits per heavy atom. The van der Waals surface area contributed by atoms with E-state index in [9.17, 15) is 4.79 Å². The molecule has 0 fully saturated rings. The number of carbonyl (C=O) groups is 1. The van der Waals surface area contributed by atoms with Crippen molar-refractivity contribution in [1.29, 1.82) is 0 Å². The fourth-order valence-electron chi connectivity index (χ4n) is 2.28. The van der Waals surface area contributed by atoms with E-state index in [1.165, 1.54) is 0 Å². The molecule has 1 heterocycles. The number of hydrogen-bond acceptors (Lipinski definition) is 3. The summed E-state index contributed by atoms with van der Waals surface area (Å²) in [6.07, 6.45) is 1.22. The number of benzene rings is 1. The molecule has 21 heavy (non-hydrogen) atoms. The summed E-state index contributed by atoms with van der Waals surface area (Å²) in [7, 11) is 0. The summed E-state index contributed by atoms with van der Waals surface area (Å²) in [5.41, 5.74) is 10.3. The highest BCUT2D eigenvalue weighted by Gasteiger charge is 2.06. The lowest BCUT2D eigenvalue weighted by atomic mass is 10.1. The Hall–Kier alpha value is -2.30. The normalized spacial score (nSPS) is 10.6. The molecule has 1 amide bonds. The van der Waals surface area contributed by atoms with Gasteiger partial charge in [-0.15, -0.1) is 0 Å². The Balaban J connectivity index is 1.85. The standard InChI is InChI=1S/C16H22N4O/c1-11-6-7-14(17)10-15(11)18-16(21)5-4-8-20-13(3)9-12(2)19-20/h6-7,9-10H,4-5,8,17H2,1-3H3,(H,18,21). The number of aromatic nitrogens is 2. The molecule has 3 N–H and O–H groups in total. The molecule has 0 atom stereocenters. The Morgan fingerprint density at radius 1 is 1.29 bits per heavy atom. The maximum atomic E-state index is 12.0. The van der Waals surface area contributed by atoms with Crippen LogP contribution in [0.4, 0.5) is 11.4 Å². The van der Waals surface area contributed by atoms with Gasteiger partial charge in [0.1, 0.15) is 0 Å². The molecule has 2 aromatic rings. The van der Waals surface area contributed by atoms with Gasteiger partial charge in [-0.2, -0.15) is 5.10 Å². The van der Waals surface area contributed by atoms with Crippen LogP contribution in [-0.4, -0.2) is 15.7 Å². The molecule has 0 aliphatic carbocycles. The maximum absolute atomic E-state index is 12.0. The summed E-state index contributed by atoms with van der Waals surface area (Å²) in [5, 5.41) is 7.29. The van der Waals surface area contributed by atoms with Crippen LogP contribution in [0.1, 0.15) is 29.8 Å². The van der Waals surface area contributed by atoms with E-state index in [0.717, 1.165) is 35.6 Å². The van der Waals surface area contributed by atoms with Crippen molar-refractivity contribution in [1.82, 2.24) is 9.78 Å². The molecule has 0 saturated carbocycles. The largest absolute Gasteiger partial charge is 0.399 e. The van der Waals surface area contributed by atoms with Crippen LogP contribution in [0.3, 0.4) is 0 Å². The van der Waals surface area contributed by atoms with E-state index in [1.807, 2.05) is 43.7 Å². The summed E-state index contributed by atoms with van der Waals surface area (Å²) in [5.74, 6) is 0.00484. The molecule has 0 aliphatic rings. The molecule has 0 aliphatic heterocycles. The predicted octanol–water partition coefficient (Wildman–Crippen LogP) is 2.81. The number of anilines is 2. The zero-order valence-electron chi connectivity index (χ0n) is 12.8. The molecule has 5 heteroatoms. The average molecular weight is 286 g/mol. The Labute approximate surface area is 125 Å². The number of carbonyl (C=O) groups excluding carboxylic acids is 1. The van der Waals surface area contributed by atoms with Gasteiger partial charge in [0, 0.05) is 30.0 Å². The quantitative estimate of drug-likeness (QED) is 0.830. The van der Waals surface area contributed by atoms with Crippen molar-refractivity contribution in [3.63, 3.8) is 0 Å². The number of nitrogen functional groups attached to an aromatic ring is 1. The van der Waals surface area contributed by atoms with Crippen molar-refractivity contribution in [3.8, 4) is 0 Å². The monoisotopic (exact) mass is 286 g/mol. The lowest BCUT2D eigenvalue weighted by Gasteiger charge is -2.09. The van der Waals surface area contributed by atoms with Crippen molar-refractivity contribution in [3.05, 3.63) is 41.2 Å². The second-order valence-corrected chi connectivity index (χ2v) is 5.38. The first-order valence-electron chi connectivity index (χ1n) is 7.13. The molecule has 112 valence electrons. The van der Waals surface area contributed by atoms with E-state index in [1.54, 1.807) is 6.07 Å². The number of rotatable bonds is 5. The lowest BCUT2D eigenvalue weighted by molar-refractivity contribution is -0.116. The minimum atomic E-state index is 0.00484. The third-order valence-electron chi connectivity index (χ3n) is 3.41. The number of nitrogens with one attached hydrogen (secondary N) is 1. The molecule has 1 aromatic carbocycles. The first kappa shape index (κ1) is 15.1. The van der Waals surface area contributed by atoms with E-state index >= 15 is 0 Å². The zero-order valence-corrected chi connectivity index (χ0v) is 12.8. The summed E-state index contributed by atoms with van der Waals surface area (Å²) >= 11 is 0. The van der Waals surface area contributed by atoms with Crippen molar-refractivity contribution in [2.24, 2.45) is 0 Å². The lowest BCUT2D eigenvalue weighted by Crippen LogP contribution is -2.14. The van der Waals surface area contributed by atoms with Gasteiger partial charge in [-0.1, -0.05) is 6.07 Å². The van der Waals surface area contributed by atoms with Crippen LogP contribution in [0.15, 0.2) is 24.3 Å². The summed E-state index contributed by atoms with van der Waals surface area (Å²) in [4.78, 5) is 12.0. The molecule has 0 unspecified atom stereocenters. The third-order valence-corrected chi connectivity index (χ3v) is 3.41. The van der Waals surface area contributed by atoms with Gasteiger partial charge in [-0.05, 0) is 51.0 Å². The van der Waals surface area contributed by atoms with E-state index < -0.39 is 0 Å². The molecule has 1 aromatic heterocycles. The molecule has 0 spiro atoms. The molecule has 2 rings (SSSR count). The highest BCUT2D eigenvalue weighted by atomic mass is 16.1. The van der Waals surface area contributed by atoms with Gasteiger partial charge in [0.25, 0.3) is 0 Å².